The molecule has 1 aromatic heterocycles. The summed E-state index contributed by atoms with van der Waals surface area (Å²) in [5.74, 6) is 0. The largest absolute Gasteiger partial charge is 0.383 e. The SMILES string of the molecule is COCCN(C(C)COC)C(c1cnn(C)c1)C(C)N. The van der Waals surface area contributed by atoms with Crippen LogP contribution in [0.1, 0.15) is 25.5 Å². The number of aryl methyl sites for hydroxylation is 1. The molecule has 0 saturated heterocycles. The zero-order chi connectivity index (χ0) is 15.1. The van der Waals surface area contributed by atoms with E-state index in [-0.39, 0.29) is 18.1 Å². The lowest BCUT2D eigenvalue weighted by molar-refractivity contribution is 0.0400. The van der Waals surface area contributed by atoms with Gasteiger partial charge in [-0.15, -0.1) is 0 Å². The Morgan fingerprint density at radius 3 is 2.50 bits per heavy atom. The Labute approximate surface area is 121 Å². The van der Waals surface area contributed by atoms with E-state index in [2.05, 4.69) is 16.9 Å². The van der Waals surface area contributed by atoms with Crippen molar-refractivity contribution in [3.8, 4) is 0 Å². The molecule has 0 bridgehead atoms. The van der Waals surface area contributed by atoms with Crippen LogP contribution in [0.2, 0.25) is 0 Å². The number of methoxy groups -OCH3 is 2. The first kappa shape index (κ1) is 17.1. The van der Waals surface area contributed by atoms with Crippen molar-refractivity contribution in [2.24, 2.45) is 12.8 Å². The number of hydrogen-bond donors (Lipinski definition) is 1. The maximum absolute atomic E-state index is 6.22. The number of aromatic nitrogens is 2. The van der Waals surface area contributed by atoms with Gasteiger partial charge in [0.05, 0.1) is 25.5 Å². The van der Waals surface area contributed by atoms with Gasteiger partial charge in [0.2, 0.25) is 0 Å². The average Bonchev–Trinajstić information content (AvgIpc) is 2.80. The second-order valence-electron chi connectivity index (χ2n) is 5.29. The van der Waals surface area contributed by atoms with Crippen LogP contribution >= 0.6 is 0 Å². The Morgan fingerprint density at radius 1 is 1.35 bits per heavy atom. The van der Waals surface area contributed by atoms with Crippen molar-refractivity contribution in [2.45, 2.75) is 32.0 Å². The first-order valence-electron chi connectivity index (χ1n) is 6.99. The second-order valence-corrected chi connectivity index (χ2v) is 5.29. The van der Waals surface area contributed by atoms with Crippen LogP contribution in [-0.4, -0.2) is 60.7 Å². The molecule has 0 spiro atoms. The molecule has 0 aromatic carbocycles. The Morgan fingerprint density at radius 2 is 2.05 bits per heavy atom. The molecule has 1 aromatic rings. The summed E-state index contributed by atoms with van der Waals surface area (Å²) >= 11 is 0. The molecule has 1 rings (SSSR count). The minimum Gasteiger partial charge on any atom is -0.383 e. The van der Waals surface area contributed by atoms with Gasteiger partial charge in [0.15, 0.2) is 0 Å². The molecular formula is C14H28N4O2. The predicted octanol–water partition coefficient (Wildman–Crippen LogP) is 0.792. The fraction of sp³-hybridized carbons (Fsp3) is 0.786. The van der Waals surface area contributed by atoms with Gasteiger partial charge in [0, 0.05) is 51.7 Å². The molecule has 3 atom stereocenters. The van der Waals surface area contributed by atoms with E-state index in [1.54, 1.807) is 18.9 Å². The zero-order valence-electron chi connectivity index (χ0n) is 13.2. The normalized spacial score (nSPS) is 16.4. The highest BCUT2D eigenvalue weighted by Crippen LogP contribution is 2.25. The van der Waals surface area contributed by atoms with E-state index in [0.29, 0.717) is 13.2 Å². The second kappa shape index (κ2) is 8.36. The van der Waals surface area contributed by atoms with E-state index >= 15 is 0 Å². The molecule has 6 nitrogen and oxygen atoms in total. The monoisotopic (exact) mass is 284 g/mol. The first-order chi connectivity index (χ1) is 9.51. The molecule has 6 heteroatoms. The maximum Gasteiger partial charge on any atom is 0.0615 e. The summed E-state index contributed by atoms with van der Waals surface area (Å²) in [6, 6.07) is 0.353. The predicted molar refractivity (Wildman–Crippen MR) is 79.5 cm³/mol. The van der Waals surface area contributed by atoms with Gasteiger partial charge in [-0.3, -0.25) is 9.58 Å². The lowest BCUT2D eigenvalue weighted by Gasteiger charge is -2.37. The maximum atomic E-state index is 6.22. The van der Waals surface area contributed by atoms with Gasteiger partial charge in [-0.05, 0) is 13.8 Å². The van der Waals surface area contributed by atoms with Gasteiger partial charge in [-0.25, -0.2) is 0 Å². The minimum absolute atomic E-state index is 0.00429. The molecule has 0 amide bonds. The van der Waals surface area contributed by atoms with Gasteiger partial charge in [-0.2, -0.15) is 5.10 Å². The summed E-state index contributed by atoms with van der Waals surface area (Å²) < 4.78 is 12.3. The molecule has 3 unspecified atom stereocenters. The van der Waals surface area contributed by atoms with Gasteiger partial charge in [0.25, 0.3) is 0 Å². The van der Waals surface area contributed by atoms with Crippen LogP contribution < -0.4 is 5.73 Å². The van der Waals surface area contributed by atoms with Crippen molar-refractivity contribution in [1.82, 2.24) is 14.7 Å². The Kier molecular flexibility index (Phi) is 7.15. The lowest BCUT2D eigenvalue weighted by Crippen LogP contribution is -2.47. The molecule has 1 heterocycles. The zero-order valence-corrected chi connectivity index (χ0v) is 13.2. The van der Waals surface area contributed by atoms with Crippen molar-refractivity contribution in [2.75, 3.05) is 34.0 Å². The number of rotatable bonds is 9. The minimum atomic E-state index is -0.00429. The van der Waals surface area contributed by atoms with Gasteiger partial charge < -0.3 is 15.2 Å². The number of hydrogen-bond acceptors (Lipinski definition) is 5. The van der Waals surface area contributed by atoms with Crippen LogP contribution in [0.15, 0.2) is 12.4 Å². The Balaban J connectivity index is 2.97. The first-order valence-corrected chi connectivity index (χ1v) is 6.99. The molecule has 20 heavy (non-hydrogen) atoms. The highest BCUT2D eigenvalue weighted by Gasteiger charge is 2.28. The van der Waals surface area contributed by atoms with E-state index in [1.807, 2.05) is 26.4 Å². The quantitative estimate of drug-likeness (QED) is 0.726. The molecule has 116 valence electrons. The fourth-order valence-electron chi connectivity index (χ4n) is 2.56. The average molecular weight is 284 g/mol. The smallest absolute Gasteiger partial charge is 0.0615 e. The molecule has 0 aliphatic rings. The van der Waals surface area contributed by atoms with Gasteiger partial charge in [-0.1, -0.05) is 0 Å². The van der Waals surface area contributed by atoms with E-state index < -0.39 is 0 Å². The van der Waals surface area contributed by atoms with E-state index in [0.717, 1.165) is 12.1 Å². The summed E-state index contributed by atoms with van der Waals surface area (Å²) in [5.41, 5.74) is 7.35. The molecular weight excluding hydrogens is 256 g/mol. The van der Waals surface area contributed by atoms with Crippen LogP contribution in [0, 0.1) is 0 Å². The van der Waals surface area contributed by atoms with Gasteiger partial charge in [0.1, 0.15) is 0 Å². The molecule has 0 aliphatic heterocycles. The summed E-state index contributed by atoms with van der Waals surface area (Å²) in [7, 11) is 5.35. The van der Waals surface area contributed by atoms with Crippen LogP contribution in [0.4, 0.5) is 0 Å². The highest BCUT2D eigenvalue weighted by molar-refractivity contribution is 5.13. The summed E-state index contributed by atoms with van der Waals surface area (Å²) in [6.45, 7) is 6.30. The lowest BCUT2D eigenvalue weighted by atomic mass is 10.0. The third kappa shape index (κ3) is 4.56. The van der Waals surface area contributed by atoms with E-state index in [9.17, 15) is 0 Å². The third-order valence-corrected chi connectivity index (χ3v) is 3.45. The molecule has 0 fully saturated rings. The van der Waals surface area contributed by atoms with Crippen LogP contribution in [-0.2, 0) is 16.5 Å². The highest BCUT2D eigenvalue weighted by atomic mass is 16.5. The number of ether oxygens (including phenoxy) is 2. The summed E-state index contributed by atoms with van der Waals surface area (Å²) in [4.78, 5) is 2.33. The van der Waals surface area contributed by atoms with Crippen molar-refractivity contribution in [3.05, 3.63) is 18.0 Å². The van der Waals surface area contributed by atoms with Crippen LogP contribution in [0.3, 0.4) is 0 Å². The standard InChI is InChI=1S/C14H28N4O2/c1-11(10-20-5)18(6-7-19-4)14(12(2)15)13-8-16-17(3)9-13/h8-9,11-12,14H,6-7,10,15H2,1-5H3. The molecule has 0 radical (unpaired) electrons. The van der Waals surface area contributed by atoms with Crippen LogP contribution in [0.25, 0.3) is 0 Å². The van der Waals surface area contributed by atoms with Crippen molar-refractivity contribution in [1.29, 1.82) is 0 Å². The molecule has 2 N–H and O–H groups in total. The van der Waals surface area contributed by atoms with Gasteiger partial charge >= 0.3 is 0 Å². The van der Waals surface area contributed by atoms with Crippen LogP contribution in [0.5, 0.6) is 0 Å². The van der Waals surface area contributed by atoms with E-state index in [4.69, 9.17) is 15.2 Å². The summed E-state index contributed by atoms with van der Waals surface area (Å²) in [5, 5.41) is 4.26. The Bertz CT molecular complexity index is 381. The molecule has 0 saturated carbocycles. The van der Waals surface area contributed by atoms with Crippen molar-refractivity contribution in [3.63, 3.8) is 0 Å². The summed E-state index contributed by atoms with van der Waals surface area (Å²) in [6.07, 6.45) is 3.90. The van der Waals surface area contributed by atoms with Crippen molar-refractivity contribution >= 4 is 0 Å². The number of nitrogens with two attached hydrogens (primary N) is 1. The van der Waals surface area contributed by atoms with Crippen molar-refractivity contribution < 1.29 is 9.47 Å². The van der Waals surface area contributed by atoms with E-state index in [1.165, 1.54) is 0 Å². The molecule has 0 aliphatic carbocycles. The fourth-order valence-corrected chi connectivity index (χ4v) is 2.56. The Hall–Kier alpha value is -0.950. The third-order valence-electron chi connectivity index (χ3n) is 3.45. The topological polar surface area (TPSA) is 65.5 Å². The number of nitrogens with zero attached hydrogens (tertiary/aromatic N) is 3.